The van der Waals surface area contributed by atoms with Crippen molar-refractivity contribution in [1.29, 1.82) is 0 Å². The van der Waals surface area contributed by atoms with Gasteiger partial charge in [-0.15, -0.1) is 0 Å². The minimum absolute atomic E-state index is 0.238. The Labute approximate surface area is 170 Å². The first kappa shape index (κ1) is 20.1. The summed E-state index contributed by atoms with van der Waals surface area (Å²) < 4.78 is 5.59. The first-order valence-corrected chi connectivity index (χ1v) is 9.41. The van der Waals surface area contributed by atoms with Gasteiger partial charge in [-0.25, -0.2) is 0 Å². The number of nitrogens with zero attached hydrogens (tertiary/aromatic N) is 1. The van der Waals surface area contributed by atoms with E-state index in [9.17, 15) is 9.90 Å². The number of hydrogen-bond donors (Lipinski definition) is 0. The maximum absolute atomic E-state index is 11.4. The first-order chi connectivity index (χ1) is 14.2. The van der Waals surface area contributed by atoms with Crippen LogP contribution in [0.15, 0.2) is 90.1 Å². The molecular weight excluding hydrogens is 366 g/mol. The molecule has 0 aliphatic rings. The lowest BCUT2D eigenvalue weighted by Crippen LogP contribution is -2.41. The molecule has 29 heavy (non-hydrogen) atoms. The zero-order chi connectivity index (χ0) is 20.3. The predicted molar refractivity (Wildman–Crippen MR) is 110 cm³/mol. The van der Waals surface area contributed by atoms with Crippen molar-refractivity contribution < 1.29 is 19.5 Å². The number of oxime groups is 1. The van der Waals surface area contributed by atoms with Gasteiger partial charge in [-0.05, 0) is 41.0 Å². The summed E-state index contributed by atoms with van der Waals surface area (Å²) in [5, 5.41) is 15.4. The molecule has 0 heterocycles. The van der Waals surface area contributed by atoms with Crippen molar-refractivity contribution >= 4 is 12.2 Å². The lowest BCUT2D eigenvalue weighted by atomic mass is 10.1. The maximum Gasteiger partial charge on any atom is 0.142 e. The third-order valence-corrected chi connectivity index (χ3v) is 4.29. The van der Waals surface area contributed by atoms with Crippen molar-refractivity contribution in [2.75, 3.05) is 6.61 Å². The van der Waals surface area contributed by atoms with Gasteiger partial charge in [0.25, 0.3) is 0 Å². The average Bonchev–Trinajstić information content (AvgIpc) is 2.75. The summed E-state index contributed by atoms with van der Waals surface area (Å²) >= 11 is 0. The molecule has 0 radical (unpaired) electrons. The SMILES string of the molecule is O=C([O-])C(Cc1ccccc1)Oc1ccc(/C=N/OCCc2ccccc2)cc1. The number of hydrogen-bond acceptors (Lipinski definition) is 5. The minimum atomic E-state index is -1.24. The van der Waals surface area contributed by atoms with Crippen LogP contribution in [0, 0.1) is 0 Å². The highest BCUT2D eigenvalue weighted by Crippen LogP contribution is 2.15. The fourth-order valence-electron chi connectivity index (χ4n) is 2.76. The van der Waals surface area contributed by atoms with E-state index < -0.39 is 12.1 Å². The number of carbonyl (C=O) groups is 1. The summed E-state index contributed by atoms with van der Waals surface area (Å²) in [5.74, 6) is -0.788. The fraction of sp³-hybridized carbons (Fsp3) is 0.167. The molecule has 5 nitrogen and oxygen atoms in total. The van der Waals surface area contributed by atoms with Gasteiger partial charge in [-0.1, -0.05) is 65.8 Å². The van der Waals surface area contributed by atoms with Crippen LogP contribution in [0.5, 0.6) is 5.75 Å². The van der Waals surface area contributed by atoms with E-state index >= 15 is 0 Å². The molecule has 3 aromatic carbocycles. The standard InChI is InChI=1S/C24H23NO4/c26-24(27)23(17-20-9-5-2-6-10-20)29-22-13-11-21(12-14-22)18-25-28-16-15-19-7-3-1-4-8-19/h1-14,18,23H,15-17H2,(H,26,27)/p-1/b25-18+. The predicted octanol–water partition coefficient (Wildman–Crippen LogP) is 3.02. The second-order valence-electron chi connectivity index (χ2n) is 6.49. The third-order valence-electron chi connectivity index (χ3n) is 4.29. The van der Waals surface area contributed by atoms with E-state index in [1.165, 1.54) is 5.56 Å². The Morgan fingerprint density at radius 3 is 2.14 bits per heavy atom. The number of carboxylic acid groups (broad SMARTS) is 1. The molecule has 0 saturated heterocycles. The molecule has 0 bridgehead atoms. The summed E-state index contributed by atoms with van der Waals surface area (Å²) in [4.78, 5) is 16.7. The van der Waals surface area contributed by atoms with Crippen molar-refractivity contribution in [2.45, 2.75) is 18.9 Å². The highest BCUT2D eigenvalue weighted by Gasteiger charge is 2.13. The lowest BCUT2D eigenvalue weighted by Gasteiger charge is -2.20. The molecule has 0 spiro atoms. The summed E-state index contributed by atoms with van der Waals surface area (Å²) in [6.07, 6.45) is 1.58. The normalized spacial score (nSPS) is 11.9. The Hall–Kier alpha value is -3.60. The Morgan fingerprint density at radius 1 is 0.897 bits per heavy atom. The highest BCUT2D eigenvalue weighted by atomic mass is 16.6. The van der Waals surface area contributed by atoms with E-state index in [-0.39, 0.29) is 6.42 Å². The molecule has 0 aliphatic heterocycles. The van der Waals surface area contributed by atoms with E-state index in [0.29, 0.717) is 12.4 Å². The molecule has 148 valence electrons. The number of benzene rings is 3. The molecule has 0 amide bonds. The molecule has 5 heteroatoms. The number of aliphatic carboxylic acids is 1. The van der Waals surface area contributed by atoms with Crippen LogP contribution in [-0.4, -0.2) is 24.9 Å². The zero-order valence-corrected chi connectivity index (χ0v) is 15.9. The van der Waals surface area contributed by atoms with Crippen LogP contribution < -0.4 is 9.84 Å². The van der Waals surface area contributed by atoms with Crippen LogP contribution in [0.25, 0.3) is 0 Å². The largest absolute Gasteiger partial charge is 0.546 e. The average molecular weight is 388 g/mol. The Morgan fingerprint density at radius 2 is 1.52 bits per heavy atom. The van der Waals surface area contributed by atoms with Gasteiger partial charge in [0.15, 0.2) is 0 Å². The summed E-state index contributed by atoms with van der Waals surface area (Å²) in [7, 11) is 0. The number of carbonyl (C=O) groups excluding carboxylic acids is 1. The van der Waals surface area contributed by atoms with Crippen molar-refractivity contribution in [3.05, 3.63) is 102 Å². The Balaban J connectivity index is 1.48. The monoisotopic (exact) mass is 388 g/mol. The number of ether oxygens (including phenoxy) is 1. The molecule has 1 atom stereocenters. The van der Waals surface area contributed by atoms with E-state index in [0.717, 1.165) is 17.5 Å². The van der Waals surface area contributed by atoms with Gasteiger partial charge >= 0.3 is 0 Å². The van der Waals surface area contributed by atoms with E-state index in [4.69, 9.17) is 9.57 Å². The topological polar surface area (TPSA) is 71.0 Å². The van der Waals surface area contributed by atoms with Gasteiger partial charge in [-0.3, -0.25) is 0 Å². The smallest absolute Gasteiger partial charge is 0.142 e. The van der Waals surface area contributed by atoms with Crippen LogP contribution in [0.1, 0.15) is 16.7 Å². The van der Waals surface area contributed by atoms with E-state index in [2.05, 4.69) is 5.16 Å². The van der Waals surface area contributed by atoms with Gasteiger partial charge in [0.2, 0.25) is 0 Å². The minimum Gasteiger partial charge on any atom is -0.546 e. The quantitative estimate of drug-likeness (QED) is 0.304. The van der Waals surface area contributed by atoms with Gasteiger partial charge in [-0.2, -0.15) is 0 Å². The van der Waals surface area contributed by atoms with Crippen molar-refractivity contribution in [2.24, 2.45) is 5.16 Å². The third kappa shape index (κ3) is 6.81. The molecule has 3 aromatic rings. The van der Waals surface area contributed by atoms with Crippen LogP contribution in [0.3, 0.4) is 0 Å². The van der Waals surface area contributed by atoms with Gasteiger partial charge in [0, 0.05) is 12.8 Å². The lowest BCUT2D eigenvalue weighted by molar-refractivity contribution is -0.313. The summed E-state index contributed by atoms with van der Waals surface area (Å²) in [5.41, 5.74) is 2.89. The van der Waals surface area contributed by atoms with Crippen LogP contribution in [0.2, 0.25) is 0 Å². The van der Waals surface area contributed by atoms with Gasteiger partial charge in [0.05, 0.1) is 12.2 Å². The second-order valence-corrected chi connectivity index (χ2v) is 6.49. The maximum atomic E-state index is 11.4. The molecule has 0 fully saturated rings. The highest BCUT2D eigenvalue weighted by molar-refractivity contribution is 5.79. The van der Waals surface area contributed by atoms with Crippen molar-refractivity contribution in [3.63, 3.8) is 0 Å². The number of rotatable bonds is 10. The number of carboxylic acids is 1. The van der Waals surface area contributed by atoms with Crippen molar-refractivity contribution in [1.82, 2.24) is 0 Å². The van der Waals surface area contributed by atoms with E-state index in [1.807, 2.05) is 60.7 Å². The Kier molecular flexibility index (Phi) is 7.41. The molecule has 0 N–H and O–H groups in total. The summed E-state index contributed by atoms with van der Waals surface area (Å²) in [6.45, 7) is 0.495. The molecule has 0 aliphatic carbocycles. The molecule has 0 saturated carbocycles. The molecular formula is C24H22NO4-. The van der Waals surface area contributed by atoms with E-state index in [1.54, 1.807) is 30.5 Å². The summed E-state index contributed by atoms with van der Waals surface area (Å²) in [6, 6.07) is 26.3. The Bertz CT molecular complexity index is 909. The molecule has 3 rings (SSSR count). The second kappa shape index (κ2) is 10.7. The van der Waals surface area contributed by atoms with Crippen LogP contribution in [-0.2, 0) is 22.5 Å². The molecule has 0 aromatic heterocycles. The van der Waals surface area contributed by atoms with Crippen LogP contribution >= 0.6 is 0 Å². The first-order valence-electron chi connectivity index (χ1n) is 9.41. The zero-order valence-electron chi connectivity index (χ0n) is 15.9. The fourth-order valence-corrected chi connectivity index (χ4v) is 2.76. The van der Waals surface area contributed by atoms with Gasteiger partial charge in [0.1, 0.15) is 18.5 Å². The van der Waals surface area contributed by atoms with Crippen molar-refractivity contribution in [3.8, 4) is 5.75 Å². The molecule has 1 unspecified atom stereocenters. The van der Waals surface area contributed by atoms with Crippen LogP contribution in [0.4, 0.5) is 0 Å². The van der Waals surface area contributed by atoms with Gasteiger partial charge < -0.3 is 19.5 Å².